The van der Waals surface area contributed by atoms with Crippen LogP contribution in [-0.2, 0) is 13.1 Å². The summed E-state index contributed by atoms with van der Waals surface area (Å²) < 4.78 is 2.07. The molecule has 16 heavy (non-hydrogen) atoms. The third-order valence-electron chi connectivity index (χ3n) is 3.30. The van der Waals surface area contributed by atoms with E-state index >= 15 is 0 Å². The van der Waals surface area contributed by atoms with Gasteiger partial charge in [-0.15, -0.1) is 10.2 Å². The van der Waals surface area contributed by atoms with E-state index in [1.54, 1.807) is 6.33 Å². The van der Waals surface area contributed by atoms with Gasteiger partial charge < -0.3 is 15.6 Å². The molecular formula is C11H21N5. The lowest BCUT2D eigenvalue weighted by molar-refractivity contribution is 0.334. The van der Waals surface area contributed by atoms with E-state index in [-0.39, 0.29) is 0 Å². The van der Waals surface area contributed by atoms with Crippen LogP contribution in [0.5, 0.6) is 0 Å². The average Bonchev–Trinajstić information content (AvgIpc) is 2.74. The van der Waals surface area contributed by atoms with Crippen LogP contribution in [0.25, 0.3) is 0 Å². The lowest BCUT2D eigenvalue weighted by atomic mass is 9.92. The Morgan fingerprint density at radius 2 is 2.44 bits per heavy atom. The second-order valence-electron chi connectivity index (χ2n) is 4.54. The second-order valence-corrected chi connectivity index (χ2v) is 4.54. The third-order valence-corrected chi connectivity index (χ3v) is 3.30. The van der Waals surface area contributed by atoms with Crippen molar-refractivity contribution in [3.63, 3.8) is 0 Å². The van der Waals surface area contributed by atoms with E-state index in [4.69, 9.17) is 5.73 Å². The molecule has 5 heteroatoms. The van der Waals surface area contributed by atoms with Crippen LogP contribution in [0.4, 0.5) is 0 Å². The number of nitrogens with one attached hydrogen (secondary N) is 1. The minimum absolute atomic E-state index is 0.371. The van der Waals surface area contributed by atoms with Gasteiger partial charge in [-0.05, 0) is 26.2 Å². The van der Waals surface area contributed by atoms with E-state index in [1.807, 2.05) is 0 Å². The topological polar surface area (TPSA) is 68.8 Å². The summed E-state index contributed by atoms with van der Waals surface area (Å²) in [6.07, 6.45) is 6.50. The average molecular weight is 223 g/mol. The molecule has 1 aliphatic carbocycles. The summed E-state index contributed by atoms with van der Waals surface area (Å²) >= 11 is 0. The van der Waals surface area contributed by atoms with Gasteiger partial charge in [0.15, 0.2) is 0 Å². The molecule has 1 aliphatic rings. The van der Waals surface area contributed by atoms with Crippen LogP contribution < -0.4 is 11.1 Å². The second kappa shape index (κ2) is 5.41. The van der Waals surface area contributed by atoms with Crippen LogP contribution in [-0.4, -0.2) is 26.8 Å². The summed E-state index contributed by atoms with van der Waals surface area (Å²) in [7, 11) is 0. The SMILES string of the molecule is CCn1cnnc1CNC1CCCC(N)C1. The van der Waals surface area contributed by atoms with Crippen molar-refractivity contribution in [3.8, 4) is 0 Å². The number of aromatic nitrogens is 3. The van der Waals surface area contributed by atoms with Crippen molar-refractivity contribution >= 4 is 0 Å². The quantitative estimate of drug-likeness (QED) is 0.786. The molecule has 5 nitrogen and oxygen atoms in total. The smallest absolute Gasteiger partial charge is 0.146 e. The highest BCUT2D eigenvalue weighted by Gasteiger charge is 2.18. The molecule has 0 aromatic carbocycles. The molecule has 90 valence electrons. The Morgan fingerprint density at radius 3 is 3.19 bits per heavy atom. The van der Waals surface area contributed by atoms with Gasteiger partial charge in [-0.2, -0.15) is 0 Å². The van der Waals surface area contributed by atoms with Crippen LogP contribution >= 0.6 is 0 Å². The van der Waals surface area contributed by atoms with Crippen molar-refractivity contribution in [1.82, 2.24) is 20.1 Å². The Labute approximate surface area is 96.4 Å². The van der Waals surface area contributed by atoms with Gasteiger partial charge in [0, 0.05) is 18.6 Å². The van der Waals surface area contributed by atoms with Gasteiger partial charge in [0.25, 0.3) is 0 Å². The van der Waals surface area contributed by atoms with Crippen LogP contribution in [0.1, 0.15) is 38.4 Å². The van der Waals surface area contributed by atoms with Gasteiger partial charge >= 0.3 is 0 Å². The van der Waals surface area contributed by atoms with Gasteiger partial charge in [-0.3, -0.25) is 0 Å². The number of hydrogen-bond acceptors (Lipinski definition) is 4. The van der Waals surface area contributed by atoms with Crippen LogP contribution in [0.3, 0.4) is 0 Å². The zero-order valence-corrected chi connectivity index (χ0v) is 9.89. The number of nitrogens with two attached hydrogens (primary N) is 1. The number of aryl methyl sites for hydroxylation is 1. The summed E-state index contributed by atoms with van der Waals surface area (Å²) in [6.45, 7) is 3.82. The minimum atomic E-state index is 0.371. The fraction of sp³-hybridized carbons (Fsp3) is 0.818. The summed E-state index contributed by atoms with van der Waals surface area (Å²) in [4.78, 5) is 0. The molecule has 0 saturated heterocycles. The monoisotopic (exact) mass is 223 g/mol. The molecule has 1 fully saturated rings. The molecule has 1 heterocycles. The van der Waals surface area contributed by atoms with Crippen LogP contribution in [0, 0.1) is 0 Å². The molecule has 2 rings (SSSR count). The van der Waals surface area contributed by atoms with E-state index in [9.17, 15) is 0 Å². The van der Waals surface area contributed by atoms with E-state index in [1.165, 1.54) is 19.3 Å². The predicted octanol–water partition coefficient (Wildman–Crippen LogP) is 0.657. The largest absolute Gasteiger partial charge is 0.328 e. The Bertz CT molecular complexity index is 322. The van der Waals surface area contributed by atoms with Crippen molar-refractivity contribution in [2.24, 2.45) is 5.73 Å². The molecule has 1 aromatic rings. The molecule has 3 N–H and O–H groups in total. The van der Waals surface area contributed by atoms with Crippen molar-refractivity contribution in [3.05, 3.63) is 12.2 Å². The maximum atomic E-state index is 5.96. The van der Waals surface area contributed by atoms with Gasteiger partial charge in [0.1, 0.15) is 12.2 Å². The Hall–Kier alpha value is -0.940. The first-order valence-corrected chi connectivity index (χ1v) is 6.15. The summed E-state index contributed by atoms with van der Waals surface area (Å²) in [6, 6.07) is 0.918. The summed E-state index contributed by atoms with van der Waals surface area (Å²) in [5.41, 5.74) is 5.96. The molecule has 0 aliphatic heterocycles. The van der Waals surface area contributed by atoms with Gasteiger partial charge in [0.05, 0.1) is 6.54 Å². The Morgan fingerprint density at radius 1 is 1.56 bits per heavy atom. The Balaban J connectivity index is 1.82. The highest BCUT2D eigenvalue weighted by atomic mass is 15.3. The molecule has 2 unspecified atom stereocenters. The van der Waals surface area contributed by atoms with Crippen molar-refractivity contribution in [1.29, 1.82) is 0 Å². The van der Waals surface area contributed by atoms with Crippen molar-refractivity contribution in [2.45, 2.75) is 57.8 Å². The maximum Gasteiger partial charge on any atom is 0.146 e. The molecule has 0 radical (unpaired) electrons. The first-order valence-electron chi connectivity index (χ1n) is 6.15. The highest BCUT2D eigenvalue weighted by molar-refractivity contribution is 4.87. The highest BCUT2D eigenvalue weighted by Crippen LogP contribution is 2.17. The first kappa shape index (κ1) is 11.5. The van der Waals surface area contributed by atoms with Gasteiger partial charge in [-0.25, -0.2) is 0 Å². The van der Waals surface area contributed by atoms with E-state index < -0.39 is 0 Å². The van der Waals surface area contributed by atoms with Crippen molar-refractivity contribution < 1.29 is 0 Å². The predicted molar refractivity (Wildman–Crippen MR) is 62.8 cm³/mol. The fourth-order valence-corrected chi connectivity index (χ4v) is 2.33. The maximum absolute atomic E-state index is 5.96. The summed E-state index contributed by atoms with van der Waals surface area (Å²) in [5, 5.41) is 11.6. The zero-order valence-electron chi connectivity index (χ0n) is 9.89. The minimum Gasteiger partial charge on any atom is -0.328 e. The molecule has 0 amide bonds. The van der Waals surface area contributed by atoms with Crippen LogP contribution in [0.2, 0.25) is 0 Å². The van der Waals surface area contributed by atoms with Gasteiger partial charge in [0.2, 0.25) is 0 Å². The van der Waals surface area contributed by atoms with Gasteiger partial charge in [-0.1, -0.05) is 6.42 Å². The van der Waals surface area contributed by atoms with E-state index in [2.05, 4.69) is 27.0 Å². The standard InChI is InChI=1S/C11H21N5/c1-2-16-8-14-15-11(16)7-13-10-5-3-4-9(12)6-10/h8-10,13H,2-7,12H2,1H3. The third kappa shape index (κ3) is 2.80. The lowest BCUT2D eigenvalue weighted by Gasteiger charge is -2.27. The normalized spacial score (nSPS) is 25.9. The number of hydrogen-bond donors (Lipinski definition) is 2. The lowest BCUT2D eigenvalue weighted by Crippen LogP contribution is -2.39. The molecular weight excluding hydrogens is 202 g/mol. The Kier molecular flexibility index (Phi) is 3.90. The summed E-state index contributed by atoms with van der Waals surface area (Å²) in [5.74, 6) is 1.02. The number of rotatable bonds is 4. The van der Waals surface area contributed by atoms with Crippen molar-refractivity contribution in [2.75, 3.05) is 0 Å². The van der Waals surface area contributed by atoms with E-state index in [0.717, 1.165) is 25.3 Å². The molecule has 1 aromatic heterocycles. The molecule has 0 bridgehead atoms. The fourth-order valence-electron chi connectivity index (χ4n) is 2.33. The van der Waals surface area contributed by atoms with E-state index in [0.29, 0.717) is 12.1 Å². The van der Waals surface area contributed by atoms with Crippen LogP contribution in [0.15, 0.2) is 6.33 Å². The molecule has 1 saturated carbocycles. The number of nitrogens with zero attached hydrogens (tertiary/aromatic N) is 3. The molecule has 0 spiro atoms. The first-order chi connectivity index (χ1) is 7.79. The zero-order chi connectivity index (χ0) is 11.4. The molecule has 2 atom stereocenters.